The molecule has 2 N–H and O–H groups in total. The average molecular weight is 290 g/mol. The van der Waals surface area contributed by atoms with Crippen LogP contribution in [-0.4, -0.2) is 16.3 Å². The van der Waals surface area contributed by atoms with Crippen molar-refractivity contribution < 1.29 is 5.11 Å². The predicted octanol–water partition coefficient (Wildman–Crippen LogP) is 4.75. The van der Waals surface area contributed by atoms with Crippen LogP contribution < -0.4 is 0 Å². The Kier molecular flexibility index (Phi) is 3.79. The van der Waals surface area contributed by atoms with Crippen molar-refractivity contribution in [2.24, 2.45) is 4.99 Å². The standard InChI is InChI=1S/C19H18N2O/c1-13-6-3-9-16(21-12-15-8-5-11-20-15)18(13)19-14(2)7-4-10-17(19)22/h3-12,20,22H,1-2H3. The Morgan fingerprint density at radius 1 is 0.909 bits per heavy atom. The molecule has 2 aromatic carbocycles. The first kappa shape index (κ1) is 14.1. The zero-order chi connectivity index (χ0) is 15.5. The summed E-state index contributed by atoms with van der Waals surface area (Å²) in [5.74, 6) is 0.283. The van der Waals surface area contributed by atoms with Crippen molar-refractivity contribution >= 4 is 11.9 Å². The average Bonchev–Trinajstić information content (AvgIpc) is 3.00. The van der Waals surface area contributed by atoms with Crippen molar-refractivity contribution in [3.05, 3.63) is 71.5 Å². The van der Waals surface area contributed by atoms with Crippen LogP contribution in [0.25, 0.3) is 11.1 Å². The van der Waals surface area contributed by atoms with E-state index in [1.165, 1.54) is 0 Å². The van der Waals surface area contributed by atoms with Gasteiger partial charge in [-0.3, -0.25) is 4.99 Å². The van der Waals surface area contributed by atoms with Gasteiger partial charge in [0.1, 0.15) is 5.75 Å². The normalized spacial score (nSPS) is 11.2. The number of phenols is 1. The van der Waals surface area contributed by atoms with Crippen LogP contribution in [0.15, 0.2) is 59.7 Å². The van der Waals surface area contributed by atoms with Gasteiger partial charge in [-0.05, 0) is 49.2 Å². The van der Waals surface area contributed by atoms with Gasteiger partial charge in [-0.25, -0.2) is 0 Å². The van der Waals surface area contributed by atoms with Crippen molar-refractivity contribution in [3.8, 4) is 16.9 Å². The molecule has 3 nitrogen and oxygen atoms in total. The summed E-state index contributed by atoms with van der Waals surface area (Å²) in [4.78, 5) is 7.71. The second-order valence-corrected chi connectivity index (χ2v) is 5.32. The molecule has 0 saturated carbocycles. The number of hydrogen-bond acceptors (Lipinski definition) is 2. The third-order valence-electron chi connectivity index (χ3n) is 3.72. The van der Waals surface area contributed by atoms with Crippen molar-refractivity contribution in [1.29, 1.82) is 0 Å². The first-order chi connectivity index (χ1) is 10.7. The van der Waals surface area contributed by atoms with Gasteiger partial charge in [0.2, 0.25) is 0 Å². The van der Waals surface area contributed by atoms with E-state index in [-0.39, 0.29) is 5.75 Å². The van der Waals surface area contributed by atoms with Gasteiger partial charge in [0.25, 0.3) is 0 Å². The molecule has 3 heteroatoms. The van der Waals surface area contributed by atoms with Crippen LogP contribution in [0, 0.1) is 13.8 Å². The van der Waals surface area contributed by atoms with E-state index in [9.17, 15) is 5.11 Å². The van der Waals surface area contributed by atoms with E-state index in [4.69, 9.17) is 0 Å². The molecular formula is C19H18N2O. The van der Waals surface area contributed by atoms with Gasteiger partial charge >= 0.3 is 0 Å². The number of aliphatic imine (C=N–C) groups is 1. The lowest BCUT2D eigenvalue weighted by molar-refractivity contribution is 0.477. The monoisotopic (exact) mass is 290 g/mol. The number of benzene rings is 2. The molecule has 1 aromatic heterocycles. The molecule has 22 heavy (non-hydrogen) atoms. The van der Waals surface area contributed by atoms with Crippen molar-refractivity contribution in [2.75, 3.05) is 0 Å². The van der Waals surface area contributed by atoms with Gasteiger partial charge in [0, 0.05) is 17.3 Å². The first-order valence-electron chi connectivity index (χ1n) is 7.23. The number of phenolic OH excluding ortho intramolecular Hbond substituents is 1. The maximum atomic E-state index is 10.3. The van der Waals surface area contributed by atoms with Gasteiger partial charge in [0.15, 0.2) is 0 Å². The number of rotatable bonds is 3. The highest BCUT2D eigenvalue weighted by atomic mass is 16.3. The van der Waals surface area contributed by atoms with E-state index in [0.717, 1.165) is 33.6 Å². The second kappa shape index (κ2) is 5.90. The van der Waals surface area contributed by atoms with Crippen molar-refractivity contribution in [1.82, 2.24) is 4.98 Å². The zero-order valence-electron chi connectivity index (χ0n) is 12.7. The van der Waals surface area contributed by atoms with E-state index >= 15 is 0 Å². The summed E-state index contributed by atoms with van der Waals surface area (Å²) in [6.45, 7) is 4.04. The fraction of sp³-hybridized carbons (Fsp3) is 0.105. The van der Waals surface area contributed by atoms with Gasteiger partial charge in [-0.1, -0.05) is 24.3 Å². The lowest BCUT2D eigenvalue weighted by Gasteiger charge is -2.14. The van der Waals surface area contributed by atoms with Crippen LogP contribution in [0.4, 0.5) is 5.69 Å². The van der Waals surface area contributed by atoms with Crippen LogP contribution in [0.1, 0.15) is 16.8 Å². The van der Waals surface area contributed by atoms with E-state index in [1.807, 2.05) is 62.5 Å². The summed E-state index contributed by atoms with van der Waals surface area (Å²) < 4.78 is 0. The largest absolute Gasteiger partial charge is 0.507 e. The predicted molar refractivity (Wildman–Crippen MR) is 91.1 cm³/mol. The Balaban J connectivity index is 2.15. The van der Waals surface area contributed by atoms with Crippen LogP contribution in [-0.2, 0) is 0 Å². The molecular weight excluding hydrogens is 272 g/mol. The first-order valence-corrected chi connectivity index (χ1v) is 7.23. The second-order valence-electron chi connectivity index (χ2n) is 5.32. The minimum absolute atomic E-state index is 0.283. The highest BCUT2D eigenvalue weighted by molar-refractivity contribution is 5.88. The molecule has 0 spiro atoms. The minimum atomic E-state index is 0.283. The number of aromatic amines is 1. The van der Waals surface area contributed by atoms with Crippen LogP contribution in [0.2, 0.25) is 0 Å². The molecule has 0 amide bonds. The number of H-pyrrole nitrogens is 1. The summed E-state index contributed by atoms with van der Waals surface area (Å²) in [6, 6.07) is 15.5. The number of nitrogens with one attached hydrogen (secondary N) is 1. The smallest absolute Gasteiger partial charge is 0.123 e. The summed E-state index contributed by atoms with van der Waals surface area (Å²) >= 11 is 0. The number of nitrogens with zero attached hydrogens (tertiary/aromatic N) is 1. The van der Waals surface area contributed by atoms with Crippen molar-refractivity contribution in [2.45, 2.75) is 13.8 Å². The summed E-state index contributed by atoms with van der Waals surface area (Å²) in [6.07, 6.45) is 3.67. The molecule has 0 atom stereocenters. The maximum Gasteiger partial charge on any atom is 0.123 e. The topological polar surface area (TPSA) is 48.4 Å². The number of aromatic nitrogens is 1. The third kappa shape index (κ3) is 2.66. The molecule has 0 fully saturated rings. The molecule has 1 heterocycles. The Bertz CT molecular complexity index is 797. The Hall–Kier alpha value is -2.81. The summed E-state index contributed by atoms with van der Waals surface area (Å²) in [5.41, 5.74) is 5.73. The maximum absolute atomic E-state index is 10.3. The molecule has 0 unspecified atom stereocenters. The molecule has 0 radical (unpaired) electrons. The van der Waals surface area contributed by atoms with Crippen molar-refractivity contribution in [3.63, 3.8) is 0 Å². The highest BCUT2D eigenvalue weighted by Crippen LogP contribution is 2.40. The molecule has 0 bridgehead atoms. The SMILES string of the molecule is Cc1cccc(O)c1-c1c(C)cccc1N=Cc1ccc[nH]1. The van der Waals surface area contributed by atoms with E-state index in [2.05, 4.69) is 9.98 Å². The molecule has 3 rings (SSSR count). The fourth-order valence-corrected chi connectivity index (χ4v) is 2.63. The van der Waals surface area contributed by atoms with Crippen LogP contribution in [0.5, 0.6) is 5.75 Å². The fourth-order valence-electron chi connectivity index (χ4n) is 2.63. The molecule has 110 valence electrons. The van der Waals surface area contributed by atoms with Gasteiger partial charge in [0.05, 0.1) is 17.6 Å². The quantitative estimate of drug-likeness (QED) is 0.672. The molecule has 0 aliphatic rings. The van der Waals surface area contributed by atoms with Gasteiger partial charge in [-0.15, -0.1) is 0 Å². The van der Waals surface area contributed by atoms with Crippen LogP contribution >= 0.6 is 0 Å². The van der Waals surface area contributed by atoms with Gasteiger partial charge < -0.3 is 10.1 Å². The number of aromatic hydroxyl groups is 1. The lowest BCUT2D eigenvalue weighted by Crippen LogP contribution is -1.89. The Labute approximate surface area is 130 Å². The van der Waals surface area contributed by atoms with E-state index in [1.54, 1.807) is 12.3 Å². The zero-order valence-corrected chi connectivity index (χ0v) is 12.7. The van der Waals surface area contributed by atoms with Gasteiger partial charge in [-0.2, -0.15) is 0 Å². The number of hydrogen-bond donors (Lipinski definition) is 2. The molecule has 0 aliphatic carbocycles. The van der Waals surface area contributed by atoms with E-state index < -0.39 is 0 Å². The Morgan fingerprint density at radius 3 is 2.32 bits per heavy atom. The summed E-state index contributed by atoms with van der Waals surface area (Å²) in [7, 11) is 0. The van der Waals surface area contributed by atoms with Crippen LogP contribution in [0.3, 0.4) is 0 Å². The minimum Gasteiger partial charge on any atom is -0.507 e. The molecule has 0 saturated heterocycles. The lowest BCUT2D eigenvalue weighted by atomic mass is 9.94. The Morgan fingerprint density at radius 2 is 1.64 bits per heavy atom. The number of aryl methyl sites for hydroxylation is 2. The van der Waals surface area contributed by atoms with E-state index in [0.29, 0.717) is 0 Å². The summed E-state index contributed by atoms with van der Waals surface area (Å²) in [5, 5.41) is 10.3. The third-order valence-corrected chi connectivity index (χ3v) is 3.72. The molecule has 3 aromatic rings. The highest BCUT2D eigenvalue weighted by Gasteiger charge is 2.13. The molecule has 0 aliphatic heterocycles.